The average Bonchev–Trinajstić information content (AvgIpc) is 2.92. The highest BCUT2D eigenvalue weighted by atomic mass is 35.5. The van der Waals surface area contributed by atoms with Crippen molar-refractivity contribution in [2.45, 2.75) is 6.92 Å². The molecule has 0 bridgehead atoms. The van der Waals surface area contributed by atoms with Crippen molar-refractivity contribution in [1.29, 1.82) is 0 Å². The Labute approximate surface area is 155 Å². The van der Waals surface area contributed by atoms with Crippen LogP contribution in [0.25, 0.3) is 6.08 Å². The Morgan fingerprint density at radius 1 is 1.04 bits per heavy atom. The summed E-state index contributed by atoms with van der Waals surface area (Å²) in [6.07, 6.45) is 1.51. The van der Waals surface area contributed by atoms with Gasteiger partial charge in [0.15, 0.2) is 11.5 Å². The third-order valence-corrected chi connectivity index (χ3v) is 4.43. The second kappa shape index (κ2) is 7.09. The lowest BCUT2D eigenvalue weighted by atomic mass is 10.1. The lowest BCUT2D eigenvalue weighted by molar-refractivity contribution is -0.117. The SMILES string of the molecule is COc1ccc(/C=C2\C(=O)NN(c3ccc(C)c(Cl)c3)C2=O)cc1OC. The zero-order valence-corrected chi connectivity index (χ0v) is 15.3. The molecule has 134 valence electrons. The molecule has 1 fully saturated rings. The Bertz CT molecular complexity index is 924. The molecule has 0 aliphatic carbocycles. The maximum atomic E-state index is 12.7. The zero-order valence-electron chi connectivity index (χ0n) is 14.5. The van der Waals surface area contributed by atoms with Crippen LogP contribution in [0, 0.1) is 6.92 Å². The van der Waals surface area contributed by atoms with Crippen LogP contribution in [0.5, 0.6) is 11.5 Å². The first-order valence-corrected chi connectivity index (χ1v) is 8.17. The summed E-state index contributed by atoms with van der Waals surface area (Å²) < 4.78 is 10.4. The predicted molar refractivity (Wildman–Crippen MR) is 99.3 cm³/mol. The number of halogens is 1. The normalized spacial score (nSPS) is 15.4. The number of nitrogens with one attached hydrogen (secondary N) is 1. The Hall–Kier alpha value is -2.99. The number of hydrogen-bond donors (Lipinski definition) is 1. The molecule has 1 aliphatic heterocycles. The summed E-state index contributed by atoms with van der Waals surface area (Å²) in [6, 6.07) is 10.3. The molecule has 0 unspecified atom stereocenters. The molecule has 2 amide bonds. The number of carbonyl (C=O) groups is 2. The lowest BCUT2D eigenvalue weighted by Gasteiger charge is -2.15. The molecule has 2 aromatic carbocycles. The van der Waals surface area contributed by atoms with Crippen LogP contribution >= 0.6 is 11.6 Å². The van der Waals surface area contributed by atoms with E-state index in [0.717, 1.165) is 5.56 Å². The van der Waals surface area contributed by atoms with E-state index in [9.17, 15) is 9.59 Å². The quantitative estimate of drug-likeness (QED) is 0.661. The summed E-state index contributed by atoms with van der Waals surface area (Å²) in [7, 11) is 3.06. The average molecular weight is 373 g/mol. The summed E-state index contributed by atoms with van der Waals surface area (Å²) in [5, 5.41) is 1.70. The summed E-state index contributed by atoms with van der Waals surface area (Å²) in [5.41, 5.74) is 4.59. The third-order valence-electron chi connectivity index (χ3n) is 4.02. The monoisotopic (exact) mass is 372 g/mol. The number of carbonyl (C=O) groups excluding carboxylic acids is 2. The molecule has 0 radical (unpaired) electrons. The van der Waals surface area contributed by atoms with Gasteiger partial charge in [-0.3, -0.25) is 15.0 Å². The van der Waals surface area contributed by atoms with E-state index in [1.807, 2.05) is 6.92 Å². The van der Waals surface area contributed by atoms with Gasteiger partial charge in [-0.2, -0.15) is 0 Å². The molecule has 0 saturated carbocycles. The number of aryl methyl sites for hydroxylation is 1. The molecule has 0 atom stereocenters. The van der Waals surface area contributed by atoms with Crippen LogP contribution in [-0.4, -0.2) is 26.0 Å². The molecule has 3 rings (SSSR count). The highest BCUT2D eigenvalue weighted by Gasteiger charge is 2.34. The summed E-state index contributed by atoms with van der Waals surface area (Å²) >= 11 is 6.11. The fraction of sp³-hybridized carbons (Fsp3) is 0.158. The van der Waals surface area contributed by atoms with Gasteiger partial charge in [0.2, 0.25) is 0 Å². The van der Waals surface area contributed by atoms with Crippen LogP contribution in [0.3, 0.4) is 0 Å². The minimum Gasteiger partial charge on any atom is -0.493 e. The van der Waals surface area contributed by atoms with Crippen molar-refractivity contribution in [3.63, 3.8) is 0 Å². The van der Waals surface area contributed by atoms with E-state index in [4.69, 9.17) is 21.1 Å². The van der Waals surface area contributed by atoms with Crippen LogP contribution in [0.15, 0.2) is 42.0 Å². The molecule has 26 heavy (non-hydrogen) atoms. The van der Waals surface area contributed by atoms with Gasteiger partial charge in [-0.1, -0.05) is 23.7 Å². The van der Waals surface area contributed by atoms with Gasteiger partial charge in [0, 0.05) is 5.02 Å². The highest BCUT2D eigenvalue weighted by Crippen LogP contribution is 2.30. The molecular weight excluding hydrogens is 356 g/mol. The maximum absolute atomic E-state index is 12.7. The molecule has 1 aliphatic rings. The predicted octanol–water partition coefficient (Wildman–Crippen LogP) is 3.13. The number of anilines is 1. The van der Waals surface area contributed by atoms with E-state index in [1.54, 1.807) is 36.4 Å². The van der Waals surface area contributed by atoms with E-state index in [1.165, 1.54) is 25.3 Å². The topological polar surface area (TPSA) is 67.9 Å². The Kier molecular flexibility index (Phi) is 4.86. The zero-order chi connectivity index (χ0) is 18.8. The van der Waals surface area contributed by atoms with E-state index in [-0.39, 0.29) is 5.57 Å². The molecule has 6 nitrogen and oxygen atoms in total. The number of ether oxygens (including phenoxy) is 2. The Morgan fingerprint density at radius 2 is 1.77 bits per heavy atom. The minimum atomic E-state index is -0.485. The van der Waals surface area contributed by atoms with Gasteiger partial charge in [-0.05, 0) is 48.4 Å². The smallest absolute Gasteiger partial charge is 0.282 e. The summed E-state index contributed by atoms with van der Waals surface area (Å²) in [4.78, 5) is 24.9. The molecule has 0 spiro atoms. The minimum absolute atomic E-state index is 0.0221. The largest absolute Gasteiger partial charge is 0.493 e. The van der Waals surface area contributed by atoms with Crippen LogP contribution in [0.1, 0.15) is 11.1 Å². The Morgan fingerprint density at radius 3 is 2.42 bits per heavy atom. The van der Waals surface area contributed by atoms with Crippen molar-refractivity contribution >= 4 is 35.2 Å². The van der Waals surface area contributed by atoms with Gasteiger partial charge in [-0.15, -0.1) is 0 Å². The molecular formula is C19H17ClN2O4. The molecule has 1 saturated heterocycles. The fourth-order valence-electron chi connectivity index (χ4n) is 2.57. The van der Waals surface area contributed by atoms with Gasteiger partial charge >= 0.3 is 0 Å². The number of rotatable bonds is 4. The van der Waals surface area contributed by atoms with Crippen molar-refractivity contribution in [2.75, 3.05) is 19.2 Å². The van der Waals surface area contributed by atoms with Crippen LogP contribution in [-0.2, 0) is 9.59 Å². The van der Waals surface area contributed by atoms with E-state index >= 15 is 0 Å². The van der Waals surface area contributed by atoms with Gasteiger partial charge in [0.05, 0.1) is 19.9 Å². The van der Waals surface area contributed by atoms with E-state index in [2.05, 4.69) is 5.43 Å². The van der Waals surface area contributed by atoms with E-state index < -0.39 is 11.8 Å². The van der Waals surface area contributed by atoms with Gasteiger partial charge in [0.1, 0.15) is 5.57 Å². The summed E-state index contributed by atoms with van der Waals surface area (Å²) in [6.45, 7) is 1.86. The molecule has 2 aromatic rings. The Balaban J connectivity index is 1.94. The second-order valence-electron chi connectivity index (χ2n) is 5.69. The first-order chi connectivity index (χ1) is 12.4. The van der Waals surface area contributed by atoms with Crippen LogP contribution in [0.4, 0.5) is 5.69 Å². The second-order valence-corrected chi connectivity index (χ2v) is 6.09. The molecule has 7 heteroatoms. The van der Waals surface area contributed by atoms with Gasteiger partial charge < -0.3 is 9.47 Å². The first kappa shape index (κ1) is 17.8. The molecule has 1 N–H and O–H groups in total. The maximum Gasteiger partial charge on any atom is 0.282 e. The van der Waals surface area contributed by atoms with Crippen molar-refractivity contribution in [1.82, 2.24) is 5.43 Å². The number of nitrogens with zero attached hydrogens (tertiary/aromatic N) is 1. The van der Waals surface area contributed by atoms with Gasteiger partial charge in [0.25, 0.3) is 11.8 Å². The van der Waals surface area contributed by atoms with Crippen molar-refractivity contribution in [3.8, 4) is 11.5 Å². The first-order valence-electron chi connectivity index (χ1n) is 7.80. The number of methoxy groups -OCH3 is 2. The van der Waals surface area contributed by atoms with Crippen molar-refractivity contribution in [2.24, 2.45) is 0 Å². The number of benzene rings is 2. The molecule has 0 aromatic heterocycles. The van der Waals surface area contributed by atoms with Crippen molar-refractivity contribution < 1.29 is 19.1 Å². The number of hydrazine groups is 1. The number of amides is 2. The lowest BCUT2D eigenvalue weighted by Crippen LogP contribution is -2.35. The highest BCUT2D eigenvalue weighted by molar-refractivity contribution is 6.33. The van der Waals surface area contributed by atoms with E-state index in [0.29, 0.717) is 27.8 Å². The van der Waals surface area contributed by atoms with Crippen LogP contribution in [0.2, 0.25) is 5.02 Å². The number of hydrogen-bond acceptors (Lipinski definition) is 4. The standard InChI is InChI=1S/C19H17ClN2O4/c1-11-4-6-13(10-15(11)20)22-19(24)14(18(23)21-22)8-12-5-7-16(25-2)17(9-12)26-3/h4-10H,1-3H3,(H,21,23)/b14-8+. The van der Waals surface area contributed by atoms with Crippen molar-refractivity contribution in [3.05, 3.63) is 58.1 Å². The van der Waals surface area contributed by atoms with Gasteiger partial charge in [-0.25, -0.2) is 5.01 Å². The van der Waals surface area contributed by atoms with Crippen LogP contribution < -0.4 is 19.9 Å². The summed E-state index contributed by atoms with van der Waals surface area (Å²) in [5.74, 6) is 0.133. The third kappa shape index (κ3) is 3.23. The molecule has 1 heterocycles. The fourth-order valence-corrected chi connectivity index (χ4v) is 2.74.